The number of aromatic amines is 2. The number of methoxy groups -OCH3 is 2. The van der Waals surface area contributed by atoms with Crippen molar-refractivity contribution in [3.8, 4) is 39.7 Å². The van der Waals surface area contributed by atoms with Gasteiger partial charge in [-0.25, -0.2) is 19.6 Å². The van der Waals surface area contributed by atoms with Crippen molar-refractivity contribution in [2.24, 2.45) is 17.8 Å². The van der Waals surface area contributed by atoms with E-state index in [0.29, 0.717) is 30.2 Å². The molecule has 2 aliphatic heterocycles. The normalized spacial score (nSPS) is 19.3. The Bertz CT molecular complexity index is 2710. The second kappa shape index (κ2) is 18.5. The Kier molecular flexibility index (Phi) is 12.5. The van der Waals surface area contributed by atoms with Gasteiger partial charge in [0.2, 0.25) is 5.91 Å². The van der Waals surface area contributed by atoms with Gasteiger partial charge in [-0.15, -0.1) is 0 Å². The number of amides is 4. The summed E-state index contributed by atoms with van der Waals surface area (Å²) in [6, 6.07) is 29.6. The summed E-state index contributed by atoms with van der Waals surface area (Å²) in [5.41, 5.74) is 6.19. The zero-order chi connectivity index (χ0) is 45.1. The van der Waals surface area contributed by atoms with Crippen LogP contribution >= 0.6 is 0 Å². The molecular weight excluding hydrogens is 811 g/mol. The van der Waals surface area contributed by atoms with E-state index >= 15 is 0 Å². The fourth-order valence-corrected chi connectivity index (χ4v) is 8.88. The summed E-state index contributed by atoms with van der Waals surface area (Å²) < 4.78 is 9.62. The fourth-order valence-electron chi connectivity index (χ4n) is 8.88. The number of hydrogen-bond donors (Lipinski definition) is 4. The summed E-state index contributed by atoms with van der Waals surface area (Å²) in [6.07, 6.45) is 3.34. The molecule has 2 fully saturated rings. The van der Waals surface area contributed by atoms with Crippen LogP contribution in [0, 0.1) is 29.1 Å². The first-order valence-corrected chi connectivity index (χ1v) is 21.4. The predicted molar refractivity (Wildman–Crippen MR) is 240 cm³/mol. The van der Waals surface area contributed by atoms with Gasteiger partial charge in [0.05, 0.1) is 62.1 Å². The number of H-pyrrole nitrogens is 2. The lowest BCUT2D eigenvalue weighted by molar-refractivity contribution is -0.136. The van der Waals surface area contributed by atoms with E-state index in [1.165, 1.54) is 14.2 Å². The number of carbonyl (C=O) groups excluding carboxylic acids is 4. The Labute approximate surface area is 371 Å². The van der Waals surface area contributed by atoms with Crippen LogP contribution in [0.4, 0.5) is 9.59 Å². The van der Waals surface area contributed by atoms with Crippen molar-refractivity contribution < 1.29 is 28.7 Å². The van der Waals surface area contributed by atoms with Gasteiger partial charge in [-0.2, -0.15) is 5.26 Å². The topological polar surface area (TPSA) is 198 Å². The molecule has 0 saturated carbocycles. The van der Waals surface area contributed by atoms with Crippen LogP contribution in [-0.2, 0) is 19.1 Å². The van der Waals surface area contributed by atoms with E-state index in [9.17, 15) is 24.4 Å². The van der Waals surface area contributed by atoms with E-state index in [2.05, 4.69) is 87.1 Å². The Morgan fingerprint density at radius 3 is 1.88 bits per heavy atom. The Hall–Kier alpha value is -7.47. The fraction of sp³-hybridized carbons (Fsp3) is 0.327. The number of ether oxygens (including phenoxy) is 2. The average Bonchev–Trinajstić information content (AvgIpc) is 4.16. The van der Waals surface area contributed by atoms with E-state index in [4.69, 9.17) is 14.5 Å². The number of hydrogen-bond acceptors (Lipinski definition) is 9. The van der Waals surface area contributed by atoms with Gasteiger partial charge in [0.25, 0.3) is 5.91 Å². The largest absolute Gasteiger partial charge is 0.453 e. The molecule has 4 amide bonds. The molecule has 0 spiro atoms. The maximum Gasteiger partial charge on any atom is 0.407 e. The van der Waals surface area contributed by atoms with Gasteiger partial charge in [0.15, 0.2) is 0 Å². The number of imidazole rings is 2. The molecule has 4 heterocycles. The first-order valence-electron chi connectivity index (χ1n) is 21.4. The predicted octanol–water partition coefficient (Wildman–Crippen LogP) is 8.09. The van der Waals surface area contributed by atoms with Crippen LogP contribution in [0.2, 0.25) is 0 Å². The van der Waals surface area contributed by atoms with E-state index in [0.717, 1.165) is 50.8 Å². The van der Waals surface area contributed by atoms with E-state index in [1.54, 1.807) is 35.4 Å². The highest BCUT2D eigenvalue weighted by molar-refractivity contribution is 5.91. The average molecular weight is 862 g/mol. The third-order valence-electron chi connectivity index (χ3n) is 12.3. The standard InChI is InChI=1S/C49H51N9O6/c1-28(2)42(55-48(61)63-4)46(59)57-26-29(3)19-40(57)44-52-25-39(54-44)37-18-17-35-21-34(15-16-36(35)22-37)31-11-13-32(14-12-31)38-24-51-45(53-38)41-20-30(23-50)27-58(41)47(60)43(56-49(62)64-5)33-9-7-6-8-10-33/h6-18,21-22,24-25,28-30,40-43H,19-20,26-27H2,1-5H3,(H,51,53)(H,52,54)(H,55,61)(H,56,62)/t29?,30-,40+,41+,42+,43-/m1/s1. The first-order chi connectivity index (χ1) is 30.9. The van der Waals surface area contributed by atoms with Gasteiger partial charge in [-0.05, 0) is 69.8 Å². The minimum absolute atomic E-state index is 0.125. The molecule has 0 aliphatic carbocycles. The zero-order valence-electron chi connectivity index (χ0n) is 36.4. The molecule has 1 unspecified atom stereocenters. The van der Waals surface area contributed by atoms with Crippen molar-refractivity contribution >= 4 is 34.8 Å². The smallest absolute Gasteiger partial charge is 0.407 e. The molecule has 4 N–H and O–H groups in total. The van der Waals surface area contributed by atoms with Gasteiger partial charge in [0, 0.05) is 18.7 Å². The molecule has 2 saturated heterocycles. The highest BCUT2D eigenvalue weighted by Crippen LogP contribution is 2.39. The summed E-state index contributed by atoms with van der Waals surface area (Å²) in [5.74, 6) is 0.506. The molecule has 2 aliphatic rings. The molecule has 0 radical (unpaired) electrons. The Balaban J connectivity index is 0.964. The molecule has 0 bridgehead atoms. The van der Waals surface area contributed by atoms with Crippen molar-refractivity contribution in [2.75, 3.05) is 27.3 Å². The number of alkyl carbamates (subject to hydrolysis) is 2. The minimum atomic E-state index is -1.00. The quantitative estimate of drug-likeness (QED) is 0.0995. The Morgan fingerprint density at radius 1 is 0.703 bits per heavy atom. The summed E-state index contributed by atoms with van der Waals surface area (Å²) in [6.45, 7) is 6.69. The third kappa shape index (κ3) is 8.90. The van der Waals surface area contributed by atoms with Crippen LogP contribution in [0.25, 0.3) is 44.4 Å². The second-order valence-corrected chi connectivity index (χ2v) is 17.0. The van der Waals surface area contributed by atoms with Crippen LogP contribution in [0.1, 0.15) is 69.0 Å². The lowest BCUT2D eigenvalue weighted by Crippen LogP contribution is -2.51. The number of benzene rings is 4. The van der Waals surface area contributed by atoms with Crippen molar-refractivity contribution in [1.29, 1.82) is 5.26 Å². The van der Waals surface area contributed by atoms with Crippen molar-refractivity contribution in [2.45, 2.75) is 57.8 Å². The number of fused-ring (bicyclic) bond motifs is 1. The molecule has 2 aromatic heterocycles. The van der Waals surface area contributed by atoms with Crippen LogP contribution in [0.15, 0.2) is 103 Å². The summed E-state index contributed by atoms with van der Waals surface area (Å²) in [7, 11) is 2.53. The van der Waals surface area contributed by atoms with Gasteiger partial charge in [0.1, 0.15) is 23.7 Å². The van der Waals surface area contributed by atoms with Crippen molar-refractivity contribution in [1.82, 2.24) is 40.4 Å². The number of nitrogens with one attached hydrogen (secondary N) is 4. The molecular formula is C49H51N9O6. The highest BCUT2D eigenvalue weighted by atomic mass is 16.5. The molecule has 328 valence electrons. The van der Waals surface area contributed by atoms with Gasteiger partial charge in [-0.3, -0.25) is 9.59 Å². The van der Waals surface area contributed by atoms with Gasteiger partial charge in [-0.1, -0.05) is 99.6 Å². The molecule has 4 aromatic carbocycles. The van der Waals surface area contributed by atoms with Crippen molar-refractivity contribution in [3.05, 3.63) is 121 Å². The number of nitrogens with zero attached hydrogens (tertiary/aromatic N) is 5. The molecule has 8 rings (SSSR count). The molecule has 15 nitrogen and oxygen atoms in total. The summed E-state index contributed by atoms with van der Waals surface area (Å²) >= 11 is 0. The summed E-state index contributed by atoms with van der Waals surface area (Å²) in [4.78, 5) is 72.0. The van der Waals surface area contributed by atoms with Crippen molar-refractivity contribution in [3.63, 3.8) is 0 Å². The lowest BCUT2D eigenvalue weighted by Gasteiger charge is -2.30. The maximum atomic E-state index is 14.1. The van der Waals surface area contributed by atoms with Crippen LogP contribution < -0.4 is 10.6 Å². The number of aromatic nitrogens is 4. The Morgan fingerprint density at radius 2 is 1.25 bits per heavy atom. The van der Waals surface area contributed by atoms with Gasteiger partial charge >= 0.3 is 12.2 Å². The first kappa shape index (κ1) is 43.2. The monoisotopic (exact) mass is 861 g/mol. The SMILES string of the molecule is COC(=O)N[C@H](C(=O)N1CC(C)C[C@H]1c1ncc(-c2ccc3cc(-c4ccc(-c5cnc([C@@H]6C[C@H](C#N)CN6C(=O)[C@H](NC(=O)OC)c6ccccc6)[nH]5)cc4)ccc3c2)[nH]1)C(C)C. The van der Waals surface area contributed by atoms with Crippen LogP contribution in [0.3, 0.4) is 0 Å². The molecule has 6 atom stereocenters. The molecule has 6 aromatic rings. The van der Waals surface area contributed by atoms with E-state index < -0.39 is 36.2 Å². The maximum absolute atomic E-state index is 14.1. The lowest BCUT2D eigenvalue weighted by atomic mass is 9.98. The summed E-state index contributed by atoms with van der Waals surface area (Å²) in [5, 5.41) is 17.4. The van der Waals surface area contributed by atoms with E-state index in [1.807, 2.05) is 43.1 Å². The number of carbonyl (C=O) groups is 4. The van der Waals surface area contributed by atoms with Crippen LogP contribution in [0.5, 0.6) is 0 Å². The molecule has 64 heavy (non-hydrogen) atoms. The van der Waals surface area contributed by atoms with Crippen LogP contribution in [-0.4, -0.2) is 87.1 Å². The van der Waals surface area contributed by atoms with E-state index in [-0.39, 0.29) is 36.2 Å². The van der Waals surface area contributed by atoms with Gasteiger partial charge < -0.3 is 39.9 Å². The number of rotatable bonds is 11. The number of likely N-dealkylation sites (tertiary alicyclic amines) is 2. The minimum Gasteiger partial charge on any atom is -0.453 e. The highest BCUT2D eigenvalue weighted by Gasteiger charge is 2.42. The number of nitriles is 1. The molecule has 15 heteroatoms. The third-order valence-corrected chi connectivity index (χ3v) is 12.3. The zero-order valence-corrected chi connectivity index (χ0v) is 36.4. The second-order valence-electron chi connectivity index (χ2n) is 17.0.